The molecule has 66 valence electrons. The fourth-order valence-corrected chi connectivity index (χ4v) is 1.09. The van der Waals surface area contributed by atoms with Crippen molar-refractivity contribution in [3.05, 3.63) is 35.9 Å². The van der Waals surface area contributed by atoms with Gasteiger partial charge in [0.05, 0.1) is 18.0 Å². The van der Waals surface area contributed by atoms with Gasteiger partial charge in [-0.15, -0.1) is 0 Å². The number of hydrogen-bond donors (Lipinski definition) is 0. The van der Waals surface area contributed by atoms with Crippen molar-refractivity contribution in [3.8, 4) is 0 Å². The van der Waals surface area contributed by atoms with Crippen LogP contribution in [0.2, 0.25) is 0 Å². The first-order valence-electron chi connectivity index (χ1n) is 3.55. The molecule has 0 bridgehead atoms. The van der Waals surface area contributed by atoms with Crippen molar-refractivity contribution >= 4 is 11.4 Å². The summed E-state index contributed by atoms with van der Waals surface area (Å²) in [6, 6.07) is 9.58. The monoisotopic (exact) mass is 185 g/mol. The van der Waals surface area contributed by atoms with E-state index in [0.29, 0.717) is 6.42 Å². The molecule has 0 aliphatic heterocycles. The molecule has 0 saturated carbocycles. The van der Waals surface area contributed by atoms with Gasteiger partial charge >= 0.3 is 0 Å². The van der Waals surface area contributed by atoms with E-state index in [1.807, 2.05) is 30.3 Å². The Kier molecular flexibility index (Phi) is 3.93. The number of benzene rings is 1. The SMILES string of the molecule is O=S([O-])OCCc1ccccc1. The summed E-state index contributed by atoms with van der Waals surface area (Å²) in [4.78, 5) is 0. The maximum Gasteiger partial charge on any atom is 0.0842 e. The molecule has 4 heteroatoms. The maximum absolute atomic E-state index is 9.97. The first-order chi connectivity index (χ1) is 5.79. The van der Waals surface area contributed by atoms with E-state index in [1.165, 1.54) is 0 Å². The van der Waals surface area contributed by atoms with E-state index in [9.17, 15) is 8.76 Å². The van der Waals surface area contributed by atoms with E-state index in [0.717, 1.165) is 5.56 Å². The summed E-state index contributed by atoms with van der Waals surface area (Å²) in [5, 5.41) is 0. The van der Waals surface area contributed by atoms with Crippen molar-refractivity contribution in [1.29, 1.82) is 0 Å². The highest BCUT2D eigenvalue weighted by molar-refractivity contribution is 7.74. The van der Waals surface area contributed by atoms with Gasteiger partial charge in [0.1, 0.15) is 0 Å². The Balaban J connectivity index is 2.29. The van der Waals surface area contributed by atoms with Crippen molar-refractivity contribution in [2.45, 2.75) is 6.42 Å². The molecule has 1 aromatic rings. The molecule has 0 aromatic heterocycles. The van der Waals surface area contributed by atoms with Crippen LogP contribution in [-0.2, 0) is 22.0 Å². The Hall–Kier alpha value is -0.710. The van der Waals surface area contributed by atoms with Gasteiger partial charge in [0.25, 0.3) is 0 Å². The third-order valence-electron chi connectivity index (χ3n) is 1.41. The van der Waals surface area contributed by atoms with Gasteiger partial charge in [0.15, 0.2) is 0 Å². The van der Waals surface area contributed by atoms with Crippen LogP contribution >= 0.6 is 0 Å². The van der Waals surface area contributed by atoms with Crippen LogP contribution in [0, 0.1) is 0 Å². The molecule has 1 aromatic carbocycles. The molecule has 1 atom stereocenters. The van der Waals surface area contributed by atoms with Gasteiger partial charge in [-0.05, 0) is 12.0 Å². The minimum Gasteiger partial charge on any atom is -0.750 e. The summed E-state index contributed by atoms with van der Waals surface area (Å²) in [5.74, 6) is 0. The predicted octanol–water partition coefficient (Wildman–Crippen LogP) is 1.04. The van der Waals surface area contributed by atoms with E-state index in [-0.39, 0.29) is 6.61 Å². The second-order valence-corrected chi connectivity index (χ2v) is 2.91. The van der Waals surface area contributed by atoms with Crippen LogP contribution < -0.4 is 0 Å². The standard InChI is InChI=1S/C8H10O3S/c9-12(10)11-7-6-8-4-2-1-3-5-8/h1-5H,6-7H2,(H,9,10)/p-1. The first-order valence-corrected chi connectivity index (χ1v) is 4.55. The second kappa shape index (κ2) is 5.03. The minimum absolute atomic E-state index is 0.208. The Morgan fingerprint density at radius 1 is 1.33 bits per heavy atom. The van der Waals surface area contributed by atoms with Crippen LogP contribution in [0.5, 0.6) is 0 Å². The highest BCUT2D eigenvalue weighted by Crippen LogP contribution is 1.99. The van der Waals surface area contributed by atoms with Gasteiger partial charge in [-0.2, -0.15) is 0 Å². The Morgan fingerprint density at radius 3 is 2.58 bits per heavy atom. The molecule has 0 N–H and O–H groups in total. The van der Waals surface area contributed by atoms with Gasteiger partial charge in [-0.1, -0.05) is 30.3 Å². The first kappa shape index (κ1) is 9.38. The lowest BCUT2D eigenvalue weighted by Crippen LogP contribution is -2.00. The smallest absolute Gasteiger partial charge is 0.0842 e. The minimum atomic E-state index is -2.39. The predicted molar refractivity (Wildman–Crippen MR) is 45.0 cm³/mol. The lowest BCUT2D eigenvalue weighted by molar-refractivity contribution is 0.304. The number of hydrogen-bond acceptors (Lipinski definition) is 3. The van der Waals surface area contributed by atoms with Crippen LogP contribution in [0.25, 0.3) is 0 Å². The highest BCUT2D eigenvalue weighted by Gasteiger charge is 1.90. The third-order valence-corrected chi connectivity index (χ3v) is 1.77. The molecule has 0 fully saturated rings. The van der Waals surface area contributed by atoms with E-state index in [4.69, 9.17) is 0 Å². The van der Waals surface area contributed by atoms with Crippen molar-refractivity contribution in [2.24, 2.45) is 0 Å². The van der Waals surface area contributed by atoms with Crippen molar-refractivity contribution in [1.82, 2.24) is 0 Å². The largest absolute Gasteiger partial charge is 0.750 e. The Bertz CT molecular complexity index is 248. The van der Waals surface area contributed by atoms with E-state index < -0.39 is 11.4 Å². The molecule has 0 aliphatic rings. The van der Waals surface area contributed by atoms with Crippen molar-refractivity contribution in [2.75, 3.05) is 6.61 Å². The van der Waals surface area contributed by atoms with Crippen LogP contribution in [0.1, 0.15) is 5.56 Å². The molecule has 0 saturated heterocycles. The Labute approximate surface area is 73.9 Å². The lowest BCUT2D eigenvalue weighted by Gasteiger charge is -2.04. The molecular weight excluding hydrogens is 176 g/mol. The summed E-state index contributed by atoms with van der Waals surface area (Å²) in [7, 11) is 0. The molecular formula is C8H9O3S-. The molecule has 12 heavy (non-hydrogen) atoms. The zero-order chi connectivity index (χ0) is 8.81. The number of rotatable bonds is 4. The van der Waals surface area contributed by atoms with E-state index in [1.54, 1.807) is 0 Å². The van der Waals surface area contributed by atoms with Crippen molar-refractivity contribution < 1.29 is 12.9 Å². The van der Waals surface area contributed by atoms with Gasteiger partial charge in [0.2, 0.25) is 0 Å². The van der Waals surface area contributed by atoms with Gasteiger partial charge < -0.3 is 8.74 Å². The fourth-order valence-electron chi connectivity index (χ4n) is 0.872. The van der Waals surface area contributed by atoms with E-state index >= 15 is 0 Å². The summed E-state index contributed by atoms with van der Waals surface area (Å²) in [6.45, 7) is 0.208. The van der Waals surface area contributed by atoms with Crippen LogP contribution in [-0.4, -0.2) is 15.4 Å². The van der Waals surface area contributed by atoms with Crippen molar-refractivity contribution in [3.63, 3.8) is 0 Å². The zero-order valence-electron chi connectivity index (χ0n) is 6.43. The lowest BCUT2D eigenvalue weighted by atomic mass is 10.2. The van der Waals surface area contributed by atoms with Gasteiger partial charge in [-0.3, -0.25) is 0 Å². The average Bonchev–Trinajstić information content (AvgIpc) is 2.05. The topological polar surface area (TPSA) is 49.4 Å². The third kappa shape index (κ3) is 3.61. The average molecular weight is 185 g/mol. The normalized spacial score (nSPS) is 12.8. The molecule has 0 heterocycles. The quantitative estimate of drug-likeness (QED) is 0.658. The molecule has 0 amide bonds. The fraction of sp³-hybridized carbons (Fsp3) is 0.250. The van der Waals surface area contributed by atoms with Crippen LogP contribution in [0.15, 0.2) is 30.3 Å². The highest BCUT2D eigenvalue weighted by atomic mass is 32.2. The van der Waals surface area contributed by atoms with Crippen LogP contribution in [0.4, 0.5) is 0 Å². The summed E-state index contributed by atoms with van der Waals surface area (Å²) in [6.07, 6.45) is 0.620. The molecule has 0 spiro atoms. The molecule has 0 aliphatic carbocycles. The van der Waals surface area contributed by atoms with Gasteiger partial charge in [-0.25, -0.2) is 4.21 Å². The summed E-state index contributed by atoms with van der Waals surface area (Å²) >= 11 is -2.39. The van der Waals surface area contributed by atoms with E-state index in [2.05, 4.69) is 4.18 Å². The molecule has 3 nitrogen and oxygen atoms in total. The van der Waals surface area contributed by atoms with Crippen LogP contribution in [0.3, 0.4) is 0 Å². The molecule has 0 radical (unpaired) electrons. The van der Waals surface area contributed by atoms with Gasteiger partial charge in [0, 0.05) is 0 Å². The zero-order valence-corrected chi connectivity index (χ0v) is 7.25. The second-order valence-electron chi connectivity index (χ2n) is 2.26. The maximum atomic E-state index is 9.97. The molecule has 1 rings (SSSR count). The summed E-state index contributed by atoms with van der Waals surface area (Å²) in [5.41, 5.74) is 1.07. The summed E-state index contributed by atoms with van der Waals surface area (Å²) < 4.78 is 24.3. The Morgan fingerprint density at radius 2 is 2.00 bits per heavy atom. The molecule has 1 unspecified atom stereocenters.